The van der Waals surface area contributed by atoms with Gasteiger partial charge in [0.15, 0.2) is 5.82 Å². The summed E-state index contributed by atoms with van der Waals surface area (Å²) in [7, 11) is 1.41. The molecule has 5 atom stereocenters. The van der Waals surface area contributed by atoms with Crippen molar-refractivity contribution < 1.29 is 33.2 Å². The van der Waals surface area contributed by atoms with Crippen molar-refractivity contribution in [2.24, 2.45) is 5.92 Å². The average molecular weight is 433 g/mol. The Kier molecular flexibility index (Phi) is 5.67. The molecule has 2 aromatic heterocycles. The first-order chi connectivity index (χ1) is 14.9. The highest BCUT2D eigenvalue weighted by atomic mass is 16.9. The van der Waals surface area contributed by atoms with Crippen LogP contribution in [0, 0.1) is 17.2 Å². The number of rotatable bonds is 6. The molecule has 2 saturated heterocycles. The number of nitriles is 1. The fraction of sp³-hybridized carbons (Fsp3) is 0.579. The minimum absolute atomic E-state index is 0.139. The van der Waals surface area contributed by atoms with E-state index in [1.54, 1.807) is 16.6 Å². The lowest BCUT2D eigenvalue weighted by atomic mass is 9.96. The van der Waals surface area contributed by atoms with Crippen LogP contribution in [0.1, 0.15) is 25.6 Å². The molecule has 12 heteroatoms. The lowest BCUT2D eigenvalue weighted by Gasteiger charge is -2.26. The third kappa shape index (κ3) is 3.77. The predicted octanol–water partition coefficient (Wildman–Crippen LogP) is 1.17. The highest BCUT2D eigenvalue weighted by Crippen LogP contribution is 2.47. The molecule has 2 aromatic rings. The number of methoxy groups -OCH3 is 1. The topological polar surface area (TPSA) is 152 Å². The highest BCUT2D eigenvalue weighted by molar-refractivity contribution is 5.65. The van der Waals surface area contributed by atoms with Crippen LogP contribution in [-0.4, -0.2) is 65.4 Å². The molecule has 2 aliphatic rings. The zero-order valence-corrected chi connectivity index (χ0v) is 17.3. The number of nitrogens with two attached hydrogens (primary N) is 1. The molecule has 0 spiro atoms. The van der Waals surface area contributed by atoms with E-state index in [0.29, 0.717) is 11.2 Å². The molecule has 2 N–H and O–H groups in total. The van der Waals surface area contributed by atoms with Crippen molar-refractivity contribution in [1.29, 1.82) is 5.26 Å². The van der Waals surface area contributed by atoms with Gasteiger partial charge in [-0.1, -0.05) is 13.8 Å². The van der Waals surface area contributed by atoms with E-state index in [1.807, 2.05) is 13.8 Å². The fourth-order valence-corrected chi connectivity index (χ4v) is 3.60. The maximum atomic E-state index is 12.0. The van der Waals surface area contributed by atoms with Crippen LogP contribution in [0.3, 0.4) is 0 Å². The third-order valence-corrected chi connectivity index (χ3v) is 5.04. The molecule has 0 amide bonds. The Hall–Kier alpha value is -2.98. The number of anilines is 1. The minimum atomic E-state index is -1.65. The van der Waals surface area contributed by atoms with Gasteiger partial charge in [0.25, 0.3) is 6.48 Å². The Morgan fingerprint density at radius 2 is 2.19 bits per heavy atom. The van der Waals surface area contributed by atoms with Crippen molar-refractivity contribution in [3.8, 4) is 6.07 Å². The van der Waals surface area contributed by atoms with E-state index < -0.39 is 43.2 Å². The molecule has 166 valence electrons. The Morgan fingerprint density at radius 1 is 1.39 bits per heavy atom. The largest absolute Gasteiger partial charge is 0.508 e. The van der Waals surface area contributed by atoms with Crippen molar-refractivity contribution in [3.63, 3.8) is 0 Å². The zero-order chi connectivity index (χ0) is 22.2. The number of hydrogen-bond acceptors (Lipinski definition) is 11. The van der Waals surface area contributed by atoms with Crippen molar-refractivity contribution in [2.45, 2.75) is 44.2 Å². The van der Waals surface area contributed by atoms with E-state index in [9.17, 15) is 10.1 Å². The van der Waals surface area contributed by atoms with Gasteiger partial charge >= 0.3 is 6.16 Å². The Morgan fingerprint density at radius 3 is 2.90 bits per heavy atom. The van der Waals surface area contributed by atoms with Crippen LogP contribution in [0.2, 0.25) is 0 Å². The summed E-state index contributed by atoms with van der Waals surface area (Å²) in [5.74, 6) is 0.428. The van der Waals surface area contributed by atoms with Gasteiger partial charge in [-0.15, -0.1) is 0 Å². The van der Waals surface area contributed by atoms with Gasteiger partial charge in [-0.05, 0) is 18.1 Å². The van der Waals surface area contributed by atoms with Crippen molar-refractivity contribution >= 4 is 17.5 Å². The van der Waals surface area contributed by atoms with E-state index in [2.05, 4.69) is 16.2 Å². The summed E-state index contributed by atoms with van der Waals surface area (Å²) in [6, 6.07) is 5.56. The first-order valence-electron chi connectivity index (χ1n) is 9.69. The average Bonchev–Trinajstić information content (AvgIpc) is 3.44. The highest BCUT2D eigenvalue weighted by Gasteiger charge is 2.63. The van der Waals surface area contributed by atoms with Crippen LogP contribution in [0.5, 0.6) is 0 Å². The van der Waals surface area contributed by atoms with Gasteiger partial charge in [-0.2, -0.15) is 10.4 Å². The molecule has 12 nitrogen and oxygen atoms in total. The molecule has 0 saturated carbocycles. The number of carbonyl (C=O) groups is 1. The van der Waals surface area contributed by atoms with E-state index in [1.165, 1.54) is 13.4 Å². The number of carbonyl (C=O) groups excluding carboxylic acids is 1. The molecular formula is C19H23N5O7. The SMILES string of the molecule is CO[C@H]1O[C@H]2[C@H](c3ccc4c(N)ncnn34)O[C@](C#N)(COC(=O)OCC(C)C)[C@H]2O1. The first-order valence-corrected chi connectivity index (χ1v) is 9.69. The molecule has 0 aliphatic carbocycles. The van der Waals surface area contributed by atoms with Crippen molar-refractivity contribution in [3.05, 3.63) is 24.2 Å². The molecule has 2 fully saturated rings. The lowest BCUT2D eigenvalue weighted by Crippen LogP contribution is -2.46. The number of nitrogen functional groups attached to an aromatic ring is 1. The monoisotopic (exact) mass is 433 g/mol. The van der Waals surface area contributed by atoms with Crippen LogP contribution in [0.15, 0.2) is 18.5 Å². The molecule has 0 radical (unpaired) electrons. The number of hydrogen-bond donors (Lipinski definition) is 1. The molecule has 0 unspecified atom stereocenters. The van der Waals surface area contributed by atoms with Gasteiger partial charge in [0, 0.05) is 7.11 Å². The smallest absolute Gasteiger partial charge is 0.434 e. The standard InChI is InChI=1S/C19H23N5O7/c1-10(2)6-27-17(25)28-8-19(7-20)15-14(29-18(26-3)30-15)13(31-19)11-4-5-12-16(21)22-9-23-24(11)12/h4-5,9-10,13-15,18H,6,8H2,1-3H3,(H2,21,22,23)/t13-,14-,15-,18-,19+/m0/s1. The predicted molar refractivity (Wildman–Crippen MR) is 102 cm³/mol. The van der Waals surface area contributed by atoms with Crippen molar-refractivity contribution in [1.82, 2.24) is 14.6 Å². The molecule has 2 aliphatic heterocycles. The van der Waals surface area contributed by atoms with E-state index in [-0.39, 0.29) is 18.3 Å². The van der Waals surface area contributed by atoms with Crippen LogP contribution >= 0.6 is 0 Å². The van der Waals surface area contributed by atoms with Crippen LogP contribution in [0.25, 0.3) is 5.52 Å². The van der Waals surface area contributed by atoms with E-state index in [0.717, 1.165) is 0 Å². The van der Waals surface area contributed by atoms with E-state index >= 15 is 0 Å². The maximum Gasteiger partial charge on any atom is 0.508 e. The second kappa shape index (κ2) is 8.27. The number of aromatic nitrogens is 3. The second-order valence-corrected chi connectivity index (χ2v) is 7.67. The summed E-state index contributed by atoms with van der Waals surface area (Å²) in [5.41, 5.74) is 5.41. The number of ether oxygens (including phenoxy) is 6. The molecular weight excluding hydrogens is 410 g/mol. The fourth-order valence-electron chi connectivity index (χ4n) is 3.60. The molecule has 0 aromatic carbocycles. The van der Waals surface area contributed by atoms with Crippen molar-refractivity contribution in [2.75, 3.05) is 26.1 Å². The minimum Gasteiger partial charge on any atom is -0.434 e. The quantitative estimate of drug-likeness (QED) is 0.653. The maximum absolute atomic E-state index is 12.0. The second-order valence-electron chi connectivity index (χ2n) is 7.67. The summed E-state index contributed by atoms with van der Waals surface area (Å²) in [4.78, 5) is 15.9. The van der Waals surface area contributed by atoms with Crippen LogP contribution < -0.4 is 5.73 Å². The number of nitrogens with zero attached hydrogens (tertiary/aromatic N) is 4. The summed E-state index contributed by atoms with van der Waals surface area (Å²) in [6.07, 6.45) is -1.99. The van der Waals surface area contributed by atoms with Gasteiger partial charge in [0.1, 0.15) is 42.8 Å². The van der Waals surface area contributed by atoms with Gasteiger partial charge < -0.3 is 34.2 Å². The van der Waals surface area contributed by atoms with Gasteiger partial charge in [0.2, 0.25) is 5.60 Å². The van der Waals surface area contributed by atoms with Gasteiger partial charge in [0.05, 0.1) is 12.3 Å². The lowest BCUT2D eigenvalue weighted by molar-refractivity contribution is -0.259. The molecule has 0 bridgehead atoms. The van der Waals surface area contributed by atoms with Gasteiger partial charge in [-0.3, -0.25) is 0 Å². The van der Waals surface area contributed by atoms with Gasteiger partial charge in [-0.25, -0.2) is 14.3 Å². The summed E-state index contributed by atoms with van der Waals surface area (Å²) < 4.78 is 34.6. The normalized spacial score (nSPS) is 29.8. The Balaban J connectivity index is 1.62. The third-order valence-electron chi connectivity index (χ3n) is 5.04. The van der Waals surface area contributed by atoms with Crippen LogP contribution in [-0.2, 0) is 28.4 Å². The molecule has 4 rings (SSSR count). The van der Waals surface area contributed by atoms with E-state index in [4.69, 9.17) is 34.2 Å². The molecule has 31 heavy (non-hydrogen) atoms. The summed E-state index contributed by atoms with van der Waals surface area (Å²) >= 11 is 0. The Labute approximate surface area is 177 Å². The van der Waals surface area contributed by atoms with Crippen LogP contribution in [0.4, 0.5) is 10.6 Å². The Bertz CT molecular complexity index is 1010. The zero-order valence-electron chi connectivity index (χ0n) is 17.3. The number of fused-ring (bicyclic) bond motifs is 2. The first kappa shape index (κ1) is 21.3. The summed E-state index contributed by atoms with van der Waals surface area (Å²) in [6.45, 7) is 2.56. The summed E-state index contributed by atoms with van der Waals surface area (Å²) in [5, 5.41) is 14.2. The molecule has 4 heterocycles.